The molecule has 0 aromatic rings. The van der Waals surface area contributed by atoms with Crippen molar-refractivity contribution in [2.75, 3.05) is 13.1 Å². The number of hydrogen-bond donors (Lipinski definition) is 3. The topological polar surface area (TPSA) is 102 Å². The number of nitrogens with one attached hydrogen (secondary N) is 2. The first-order chi connectivity index (χ1) is 7.61. The van der Waals surface area contributed by atoms with E-state index in [1.807, 2.05) is 13.0 Å². The molecule has 0 bridgehead atoms. The molecule has 6 nitrogen and oxygen atoms in total. The molecule has 0 aromatic carbocycles. The number of carbonyl (C=O) groups is 2. The first-order valence-electron chi connectivity index (χ1n) is 5.21. The zero-order valence-corrected chi connectivity index (χ0v) is 9.32. The van der Waals surface area contributed by atoms with Gasteiger partial charge in [0.1, 0.15) is 6.04 Å². The third-order valence-electron chi connectivity index (χ3n) is 1.94. The van der Waals surface area contributed by atoms with E-state index in [4.69, 9.17) is 10.4 Å². The molecule has 16 heavy (non-hydrogen) atoms. The molecule has 0 saturated heterocycles. The predicted octanol–water partition coefficient (Wildman–Crippen LogP) is -0.141. The number of carboxylic acids is 1. The van der Waals surface area contributed by atoms with Gasteiger partial charge in [0, 0.05) is 6.54 Å². The van der Waals surface area contributed by atoms with Crippen molar-refractivity contribution in [1.82, 2.24) is 10.6 Å². The minimum atomic E-state index is -0.952. The summed E-state index contributed by atoms with van der Waals surface area (Å²) in [5, 5.41) is 22.2. The SMILES string of the molecule is CCCC(NCC(=O)NCCC#N)C(=O)O. The van der Waals surface area contributed by atoms with Gasteiger partial charge in [0.05, 0.1) is 19.0 Å². The Morgan fingerprint density at radius 2 is 2.19 bits per heavy atom. The number of nitrogens with zero attached hydrogens (tertiary/aromatic N) is 1. The fourth-order valence-corrected chi connectivity index (χ4v) is 1.14. The summed E-state index contributed by atoms with van der Waals surface area (Å²) in [6.07, 6.45) is 1.48. The van der Waals surface area contributed by atoms with Crippen molar-refractivity contribution in [1.29, 1.82) is 5.26 Å². The molecule has 0 heterocycles. The highest BCUT2D eigenvalue weighted by Gasteiger charge is 2.16. The molecule has 3 N–H and O–H groups in total. The number of amides is 1. The van der Waals surface area contributed by atoms with Crippen LogP contribution in [0.15, 0.2) is 0 Å². The van der Waals surface area contributed by atoms with E-state index in [9.17, 15) is 9.59 Å². The number of carbonyl (C=O) groups excluding carboxylic acids is 1. The number of carboxylic acid groups (broad SMARTS) is 1. The van der Waals surface area contributed by atoms with E-state index in [2.05, 4.69) is 10.6 Å². The van der Waals surface area contributed by atoms with Crippen LogP contribution in [0.5, 0.6) is 0 Å². The van der Waals surface area contributed by atoms with Gasteiger partial charge in [-0.25, -0.2) is 0 Å². The lowest BCUT2D eigenvalue weighted by molar-refractivity contribution is -0.139. The van der Waals surface area contributed by atoms with E-state index < -0.39 is 12.0 Å². The van der Waals surface area contributed by atoms with Gasteiger partial charge in [-0.2, -0.15) is 5.26 Å². The van der Waals surface area contributed by atoms with E-state index in [1.54, 1.807) is 0 Å². The van der Waals surface area contributed by atoms with Crippen LogP contribution in [-0.4, -0.2) is 36.1 Å². The van der Waals surface area contributed by atoms with Gasteiger partial charge in [0.15, 0.2) is 0 Å². The minimum Gasteiger partial charge on any atom is -0.480 e. The van der Waals surface area contributed by atoms with Crippen LogP contribution >= 0.6 is 0 Å². The Morgan fingerprint density at radius 1 is 1.50 bits per heavy atom. The van der Waals surface area contributed by atoms with E-state index >= 15 is 0 Å². The molecule has 1 amide bonds. The third kappa shape index (κ3) is 6.79. The van der Waals surface area contributed by atoms with Gasteiger partial charge < -0.3 is 10.4 Å². The summed E-state index contributed by atoms with van der Waals surface area (Å²) in [4.78, 5) is 21.9. The molecule has 0 fully saturated rings. The van der Waals surface area contributed by atoms with Crippen LogP contribution in [0.1, 0.15) is 26.2 Å². The highest BCUT2D eigenvalue weighted by molar-refractivity contribution is 5.79. The van der Waals surface area contributed by atoms with Crippen molar-refractivity contribution in [2.24, 2.45) is 0 Å². The van der Waals surface area contributed by atoms with Crippen molar-refractivity contribution in [3.63, 3.8) is 0 Å². The largest absolute Gasteiger partial charge is 0.480 e. The molecular formula is C10H17N3O3. The summed E-state index contributed by atoms with van der Waals surface area (Å²) >= 11 is 0. The van der Waals surface area contributed by atoms with Crippen LogP contribution in [0.2, 0.25) is 0 Å². The van der Waals surface area contributed by atoms with Crippen LogP contribution < -0.4 is 10.6 Å². The summed E-state index contributed by atoms with van der Waals surface area (Å²) in [6, 6.07) is 1.21. The summed E-state index contributed by atoms with van der Waals surface area (Å²) in [7, 11) is 0. The Bertz CT molecular complexity index is 273. The Labute approximate surface area is 94.6 Å². The zero-order valence-electron chi connectivity index (χ0n) is 9.32. The van der Waals surface area contributed by atoms with E-state index in [0.29, 0.717) is 13.0 Å². The van der Waals surface area contributed by atoms with Crippen LogP contribution in [0, 0.1) is 11.3 Å². The molecule has 6 heteroatoms. The fraction of sp³-hybridized carbons (Fsp3) is 0.700. The average molecular weight is 227 g/mol. The molecule has 90 valence electrons. The van der Waals surface area contributed by atoms with Gasteiger partial charge in [0.25, 0.3) is 0 Å². The molecule has 0 saturated carbocycles. The molecule has 1 atom stereocenters. The predicted molar refractivity (Wildman–Crippen MR) is 57.6 cm³/mol. The van der Waals surface area contributed by atoms with Gasteiger partial charge >= 0.3 is 5.97 Å². The monoisotopic (exact) mass is 227 g/mol. The second-order valence-electron chi connectivity index (χ2n) is 3.32. The molecular weight excluding hydrogens is 210 g/mol. The van der Waals surface area contributed by atoms with Gasteiger partial charge in [-0.1, -0.05) is 13.3 Å². The maximum Gasteiger partial charge on any atom is 0.320 e. The summed E-state index contributed by atoms with van der Waals surface area (Å²) in [5.41, 5.74) is 0. The van der Waals surface area contributed by atoms with Gasteiger partial charge in [-0.3, -0.25) is 14.9 Å². The van der Waals surface area contributed by atoms with Gasteiger partial charge in [-0.15, -0.1) is 0 Å². The van der Waals surface area contributed by atoms with Crippen LogP contribution in [0.3, 0.4) is 0 Å². The lowest BCUT2D eigenvalue weighted by Gasteiger charge is -2.12. The van der Waals surface area contributed by atoms with E-state index in [0.717, 1.165) is 6.42 Å². The quantitative estimate of drug-likeness (QED) is 0.501. The number of rotatable bonds is 8. The summed E-state index contributed by atoms with van der Waals surface area (Å²) in [6.45, 7) is 2.13. The number of hydrogen-bond acceptors (Lipinski definition) is 4. The second-order valence-corrected chi connectivity index (χ2v) is 3.32. The molecule has 0 aliphatic heterocycles. The second kappa shape index (κ2) is 8.68. The third-order valence-corrected chi connectivity index (χ3v) is 1.94. The van der Waals surface area contributed by atoms with Crippen molar-refractivity contribution in [3.8, 4) is 6.07 Å². The Balaban J connectivity index is 3.79. The number of aliphatic carboxylic acids is 1. The maximum absolute atomic E-state index is 11.2. The Hall–Kier alpha value is -1.61. The van der Waals surface area contributed by atoms with Crippen molar-refractivity contribution >= 4 is 11.9 Å². The first-order valence-corrected chi connectivity index (χ1v) is 5.21. The van der Waals surface area contributed by atoms with Gasteiger partial charge in [0.2, 0.25) is 5.91 Å². The smallest absolute Gasteiger partial charge is 0.320 e. The molecule has 0 radical (unpaired) electrons. The normalized spacial score (nSPS) is 11.5. The van der Waals surface area contributed by atoms with E-state index in [-0.39, 0.29) is 18.9 Å². The van der Waals surface area contributed by atoms with Gasteiger partial charge in [-0.05, 0) is 6.42 Å². The molecule has 1 unspecified atom stereocenters. The Kier molecular flexibility index (Phi) is 7.81. The maximum atomic E-state index is 11.2. The van der Waals surface area contributed by atoms with Crippen molar-refractivity contribution in [3.05, 3.63) is 0 Å². The Morgan fingerprint density at radius 3 is 2.69 bits per heavy atom. The standard InChI is InChI=1S/C10H17N3O3/c1-2-4-8(10(15)16)13-7-9(14)12-6-3-5-11/h8,13H,2-4,6-7H2,1H3,(H,12,14)(H,15,16). The molecule has 0 aliphatic rings. The van der Waals surface area contributed by atoms with Crippen LogP contribution in [0.4, 0.5) is 0 Å². The highest BCUT2D eigenvalue weighted by Crippen LogP contribution is 1.95. The lowest BCUT2D eigenvalue weighted by Crippen LogP contribution is -2.43. The molecule has 0 rings (SSSR count). The number of nitriles is 1. The fourth-order valence-electron chi connectivity index (χ4n) is 1.14. The lowest BCUT2D eigenvalue weighted by atomic mass is 10.2. The molecule has 0 aliphatic carbocycles. The highest BCUT2D eigenvalue weighted by atomic mass is 16.4. The zero-order chi connectivity index (χ0) is 12.4. The molecule has 0 aromatic heterocycles. The minimum absolute atomic E-state index is 0.0393. The van der Waals surface area contributed by atoms with Crippen LogP contribution in [-0.2, 0) is 9.59 Å². The van der Waals surface area contributed by atoms with E-state index in [1.165, 1.54) is 0 Å². The van der Waals surface area contributed by atoms with Crippen LogP contribution in [0.25, 0.3) is 0 Å². The average Bonchev–Trinajstić information content (AvgIpc) is 2.24. The summed E-state index contributed by atoms with van der Waals surface area (Å²) < 4.78 is 0. The summed E-state index contributed by atoms with van der Waals surface area (Å²) in [5.74, 6) is -1.25. The first kappa shape index (κ1) is 14.4. The molecule has 0 spiro atoms. The van der Waals surface area contributed by atoms with Crippen molar-refractivity contribution < 1.29 is 14.7 Å². The van der Waals surface area contributed by atoms with Crippen molar-refractivity contribution in [2.45, 2.75) is 32.2 Å².